The van der Waals surface area contributed by atoms with Crippen LogP contribution in [0.5, 0.6) is 0 Å². The van der Waals surface area contributed by atoms with Crippen LogP contribution in [0.3, 0.4) is 0 Å². The molecule has 0 saturated heterocycles. The van der Waals surface area contributed by atoms with Crippen molar-refractivity contribution >= 4 is 39.1 Å². The fourth-order valence-corrected chi connectivity index (χ4v) is 4.12. The van der Waals surface area contributed by atoms with E-state index in [4.69, 9.17) is 23.4 Å². The van der Waals surface area contributed by atoms with Crippen molar-refractivity contribution < 1.29 is 12.8 Å². The Balaban J connectivity index is 1.92. The van der Waals surface area contributed by atoms with E-state index in [1.807, 2.05) is 0 Å². The zero-order valence-corrected chi connectivity index (χ0v) is 15.2. The fraction of sp³-hybridized carbons (Fsp3) is 0.400. The summed E-state index contributed by atoms with van der Waals surface area (Å²) in [4.78, 5) is 0. The molecule has 0 spiro atoms. The van der Waals surface area contributed by atoms with E-state index < -0.39 is 15.5 Å². The van der Waals surface area contributed by atoms with Gasteiger partial charge in [-0.25, -0.2) is 17.5 Å². The molecule has 24 heavy (non-hydrogen) atoms. The first kappa shape index (κ1) is 17.5. The molecule has 0 amide bonds. The summed E-state index contributed by atoms with van der Waals surface area (Å²) in [6.45, 7) is 0.924. The first-order chi connectivity index (χ1) is 11.3. The number of hydrogen-bond donors (Lipinski definition) is 0. The van der Waals surface area contributed by atoms with Gasteiger partial charge in [0.05, 0.1) is 17.1 Å². The quantitative estimate of drug-likeness (QED) is 0.739. The zero-order valence-electron chi connectivity index (χ0n) is 12.9. The molecule has 1 unspecified atom stereocenters. The van der Waals surface area contributed by atoms with Gasteiger partial charge in [0.25, 0.3) is 10.0 Å². The Hall–Kier alpha value is -1.31. The van der Waals surface area contributed by atoms with Crippen molar-refractivity contribution in [2.75, 3.05) is 3.82 Å². The Bertz CT molecular complexity index is 850. The van der Waals surface area contributed by atoms with Gasteiger partial charge in [-0.05, 0) is 56.9 Å². The number of aromatic nitrogens is 2. The third-order valence-electron chi connectivity index (χ3n) is 4.03. The van der Waals surface area contributed by atoms with Crippen molar-refractivity contribution in [1.29, 1.82) is 0 Å². The van der Waals surface area contributed by atoms with Crippen molar-refractivity contribution in [3.8, 4) is 5.69 Å². The van der Waals surface area contributed by atoms with Crippen molar-refractivity contribution in [1.82, 2.24) is 9.78 Å². The van der Waals surface area contributed by atoms with Gasteiger partial charge in [0.2, 0.25) is 5.50 Å². The highest BCUT2D eigenvalue weighted by Gasteiger charge is 2.28. The highest BCUT2D eigenvalue weighted by atomic mass is 35.5. The predicted molar refractivity (Wildman–Crippen MR) is 93.0 cm³/mol. The molecule has 0 radical (unpaired) electrons. The highest BCUT2D eigenvalue weighted by Crippen LogP contribution is 2.31. The summed E-state index contributed by atoms with van der Waals surface area (Å²) in [5, 5.41) is 5.11. The van der Waals surface area contributed by atoms with Crippen LogP contribution in [0.1, 0.15) is 31.0 Å². The summed E-state index contributed by atoms with van der Waals surface area (Å²) in [6, 6.07) is 6.26. The number of aryl methyl sites for hydroxylation is 1. The van der Waals surface area contributed by atoms with Crippen LogP contribution in [-0.4, -0.2) is 23.7 Å². The maximum atomic E-state index is 13.2. The molecule has 5 nitrogen and oxygen atoms in total. The van der Waals surface area contributed by atoms with E-state index in [9.17, 15) is 12.8 Å². The molecule has 0 N–H and O–H groups in total. The molecule has 1 aromatic heterocycles. The summed E-state index contributed by atoms with van der Waals surface area (Å²) < 4.78 is 38.7. The molecule has 1 aliphatic carbocycles. The molecule has 0 bridgehead atoms. The molecule has 1 atom stereocenters. The minimum absolute atomic E-state index is 0.151. The summed E-state index contributed by atoms with van der Waals surface area (Å²) in [6.07, 6.45) is 4.01. The Morgan fingerprint density at radius 3 is 2.46 bits per heavy atom. The van der Waals surface area contributed by atoms with Gasteiger partial charge in [0.1, 0.15) is 5.15 Å². The molecule has 3 rings (SSSR count). The number of rotatable bonds is 4. The lowest BCUT2D eigenvalue weighted by Crippen LogP contribution is -2.28. The van der Waals surface area contributed by atoms with Crippen LogP contribution in [-0.2, 0) is 22.9 Å². The summed E-state index contributed by atoms with van der Waals surface area (Å²) in [5.74, 6) is 0. The van der Waals surface area contributed by atoms with Crippen molar-refractivity contribution in [3.05, 3.63) is 40.7 Å². The SMILES string of the molecule is CC(F)S(=O)(=O)N(Cl)c1ccc(-n2nc3c(c2Cl)CCCC3)cc1. The number of benzene rings is 1. The van der Waals surface area contributed by atoms with Gasteiger partial charge in [-0.1, -0.05) is 11.6 Å². The Kier molecular flexibility index (Phi) is 4.77. The molecule has 0 saturated carbocycles. The minimum Gasteiger partial charge on any atom is -0.228 e. The second-order valence-corrected chi connectivity index (χ2v) is 8.60. The molecule has 9 heteroatoms. The van der Waals surface area contributed by atoms with Crippen LogP contribution < -0.4 is 3.82 Å². The topological polar surface area (TPSA) is 55.2 Å². The molecule has 1 aliphatic rings. The van der Waals surface area contributed by atoms with Gasteiger partial charge in [-0.3, -0.25) is 0 Å². The van der Waals surface area contributed by atoms with E-state index in [1.165, 1.54) is 12.1 Å². The van der Waals surface area contributed by atoms with Crippen LogP contribution in [0, 0.1) is 0 Å². The third-order valence-corrected chi connectivity index (χ3v) is 6.66. The van der Waals surface area contributed by atoms with Gasteiger partial charge in [-0.15, -0.1) is 0 Å². The highest BCUT2D eigenvalue weighted by molar-refractivity contribution is 7.94. The average molecular weight is 392 g/mol. The lowest BCUT2D eigenvalue weighted by Gasteiger charge is -2.17. The largest absolute Gasteiger partial charge is 0.281 e. The summed E-state index contributed by atoms with van der Waals surface area (Å²) in [5.41, 5.74) is 0.816. The Morgan fingerprint density at radius 2 is 1.88 bits per heavy atom. The molecular formula is C15H16Cl2FN3O2S. The van der Waals surface area contributed by atoms with E-state index in [2.05, 4.69) is 5.10 Å². The minimum atomic E-state index is -4.23. The number of alkyl halides is 1. The van der Waals surface area contributed by atoms with Gasteiger partial charge in [-0.2, -0.15) is 8.92 Å². The van der Waals surface area contributed by atoms with E-state index >= 15 is 0 Å². The zero-order chi connectivity index (χ0) is 17.5. The van der Waals surface area contributed by atoms with E-state index in [-0.39, 0.29) is 5.69 Å². The second kappa shape index (κ2) is 6.54. The smallest absolute Gasteiger partial charge is 0.228 e. The molecule has 2 aromatic rings. The molecule has 1 aromatic carbocycles. The van der Waals surface area contributed by atoms with Gasteiger partial charge in [0, 0.05) is 17.3 Å². The number of fused-ring (bicyclic) bond motifs is 1. The maximum absolute atomic E-state index is 13.2. The van der Waals surface area contributed by atoms with E-state index in [1.54, 1.807) is 16.8 Å². The Labute approximate surface area is 150 Å². The van der Waals surface area contributed by atoms with Crippen molar-refractivity contribution in [3.63, 3.8) is 0 Å². The van der Waals surface area contributed by atoms with Crippen LogP contribution in [0.15, 0.2) is 24.3 Å². The first-order valence-electron chi connectivity index (χ1n) is 7.53. The monoisotopic (exact) mass is 391 g/mol. The number of nitrogens with zero attached hydrogens (tertiary/aromatic N) is 3. The first-order valence-corrected chi connectivity index (χ1v) is 9.75. The van der Waals surface area contributed by atoms with Gasteiger partial charge >= 0.3 is 0 Å². The lowest BCUT2D eigenvalue weighted by atomic mass is 9.99. The molecule has 0 fully saturated rings. The Morgan fingerprint density at radius 1 is 1.25 bits per heavy atom. The number of sulfonamides is 1. The lowest BCUT2D eigenvalue weighted by molar-refractivity contribution is 0.444. The summed E-state index contributed by atoms with van der Waals surface area (Å²) >= 11 is 12.2. The second-order valence-electron chi connectivity index (χ2n) is 5.65. The van der Waals surface area contributed by atoms with E-state index in [0.717, 1.165) is 43.9 Å². The van der Waals surface area contributed by atoms with Gasteiger partial charge < -0.3 is 0 Å². The molecule has 130 valence electrons. The molecular weight excluding hydrogens is 376 g/mol. The molecule has 1 heterocycles. The number of hydrogen-bond acceptors (Lipinski definition) is 3. The standard InChI is InChI=1S/C15H16Cl2FN3O2S/c1-10(18)24(22,23)21(17)12-8-6-11(7-9-12)20-15(16)13-4-2-3-5-14(13)19-20/h6-10H,2-5H2,1H3. The van der Waals surface area contributed by atoms with Crippen LogP contribution in [0.2, 0.25) is 5.15 Å². The maximum Gasteiger partial charge on any atom is 0.281 e. The van der Waals surface area contributed by atoms with Crippen molar-refractivity contribution in [2.24, 2.45) is 0 Å². The van der Waals surface area contributed by atoms with Crippen molar-refractivity contribution in [2.45, 2.75) is 38.1 Å². The summed E-state index contributed by atoms with van der Waals surface area (Å²) in [7, 11) is -4.23. The van der Waals surface area contributed by atoms with E-state index in [0.29, 0.717) is 14.7 Å². The average Bonchev–Trinajstić information content (AvgIpc) is 2.91. The fourth-order valence-electron chi connectivity index (χ4n) is 2.67. The van der Waals surface area contributed by atoms with Crippen LogP contribution >= 0.6 is 23.4 Å². The number of anilines is 1. The predicted octanol–water partition coefficient (Wildman–Crippen LogP) is 4.01. The van der Waals surface area contributed by atoms with Crippen LogP contribution in [0.4, 0.5) is 10.1 Å². The normalized spacial score (nSPS) is 15.8. The van der Waals surface area contributed by atoms with Gasteiger partial charge in [0.15, 0.2) is 0 Å². The number of halogens is 3. The third kappa shape index (κ3) is 3.00. The van der Waals surface area contributed by atoms with Crippen LogP contribution in [0.25, 0.3) is 5.69 Å². The molecule has 0 aliphatic heterocycles.